The number of methoxy groups -OCH3 is 1. The summed E-state index contributed by atoms with van der Waals surface area (Å²) < 4.78 is 18.1. The highest BCUT2D eigenvalue weighted by Gasteiger charge is 2.13. The van der Waals surface area contributed by atoms with E-state index < -0.39 is 0 Å². The third-order valence-corrected chi connectivity index (χ3v) is 3.14. The molecular weight excluding hydrogens is 273 g/mol. The van der Waals surface area contributed by atoms with Crippen molar-refractivity contribution in [2.45, 2.75) is 13.0 Å². The Labute approximate surface area is 122 Å². The van der Waals surface area contributed by atoms with Crippen LogP contribution in [0.25, 0.3) is 0 Å². The van der Waals surface area contributed by atoms with Crippen molar-refractivity contribution < 1.29 is 19.0 Å². The molecule has 5 heteroatoms. The van der Waals surface area contributed by atoms with Crippen LogP contribution < -0.4 is 10.1 Å². The molecule has 0 aromatic heterocycles. The maximum absolute atomic E-state index is 13.2. The first kappa shape index (κ1) is 14.8. The number of phenols is 1. The van der Waals surface area contributed by atoms with Gasteiger partial charge in [-0.05, 0) is 42.8 Å². The Kier molecular flexibility index (Phi) is 4.42. The molecule has 0 fully saturated rings. The van der Waals surface area contributed by atoms with Gasteiger partial charge in [0, 0.05) is 5.56 Å². The van der Waals surface area contributed by atoms with Gasteiger partial charge in [0.25, 0.3) is 5.91 Å². The van der Waals surface area contributed by atoms with E-state index in [1.54, 1.807) is 25.1 Å². The number of rotatable bonds is 4. The third-order valence-electron chi connectivity index (χ3n) is 3.14. The Hall–Kier alpha value is -2.56. The van der Waals surface area contributed by atoms with Gasteiger partial charge in [-0.25, -0.2) is 4.39 Å². The van der Waals surface area contributed by atoms with E-state index in [4.69, 9.17) is 4.74 Å². The van der Waals surface area contributed by atoms with Crippen LogP contribution in [0.5, 0.6) is 11.5 Å². The summed E-state index contributed by atoms with van der Waals surface area (Å²) in [7, 11) is 1.43. The number of phenolic OH excluding ortho intramolecular Hbond substituents is 1. The van der Waals surface area contributed by atoms with Crippen molar-refractivity contribution in [1.29, 1.82) is 0 Å². The number of nitrogens with one attached hydrogen (secondary N) is 1. The summed E-state index contributed by atoms with van der Waals surface area (Å²) in [5, 5.41) is 12.4. The molecule has 0 radical (unpaired) electrons. The van der Waals surface area contributed by atoms with E-state index in [2.05, 4.69) is 5.32 Å². The van der Waals surface area contributed by atoms with E-state index >= 15 is 0 Å². The fraction of sp³-hybridized carbons (Fsp3) is 0.188. The highest BCUT2D eigenvalue weighted by Crippen LogP contribution is 2.26. The fourth-order valence-corrected chi connectivity index (χ4v) is 1.97. The van der Waals surface area contributed by atoms with Crippen LogP contribution in [0.2, 0.25) is 0 Å². The lowest BCUT2D eigenvalue weighted by atomic mass is 10.1. The zero-order valence-electron chi connectivity index (χ0n) is 11.8. The summed E-state index contributed by atoms with van der Waals surface area (Å²) in [6.07, 6.45) is 0. The number of carbonyl (C=O) groups is 1. The van der Waals surface area contributed by atoms with Crippen LogP contribution in [0.1, 0.15) is 28.9 Å². The minimum Gasteiger partial charge on any atom is -0.504 e. The van der Waals surface area contributed by atoms with Crippen LogP contribution in [-0.4, -0.2) is 18.1 Å². The minimum atomic E-state index is -0.357. The zero-order valence-corrected chi connectivity index (χ0v) is 11.8. The van der Waals surface area contributed by atoms with Crippen LogP contribution >= 0.6 is 0 Å². The fourth-order valence-electron chi connectivity index (χ4n) is 1.97. The average Bonchev–Trinajstić information content (AvgIpc) is 2.47. The van der Waals surface area contributed by atoms with Gasteiger partial charge in [0.2, 0.25) is 0 Å². The molecule has 0 spiro atoms. The Morgan fingerprint density at radius 3 is 2.67 bits per heavy atom. The number of benzene rings is 2. The van der Waals surface area contributed by atoms with Crippen molar-refractivity contribution in [2.24, 2.45) is 0 Å². The van der Waals surface area contributed by atoms with Gasteiger partial charge in [-0.1, -0.05) is 12.1 Å². The van der Waals surface area contributed by atoms with E-state index in [1.165, 1.54) is 31.4 Å². The molecule has 2 rings (SSSR count). The van der Waals surface area contributed by atoms with Crippen molar-refractivity contribution in [1.82, 2.24) is 5.32 Å². The van der Waals surface area contributed by atoms with E-state index in [0.29, 0.717) is 16.9 Å². The highest BCUT2D eigenvalue weighted by atomic mass is 19.1. The van der Waals surface area contributed by atoms with Gasteiger partial charge >= 0.3 is 0 Å². The average molecular weight is 289 g/mol. The number of aromatic hydroxyl groups is 1. The summed E-state index contributed by atoms with van der Waals surface area (Å²) in [4.78, 5) is 12.1. The Morgan fingerprint density at radius 1 is 1.29 bits per heavy atom. The van der Waals surface area contributed by atoms with Crippen molar-refractivity contribution in [3.05, 3.63) is 59.4 Å². The maximum Gasteiger partial charge on any atom is 0.251 e. The molecule has 0 heterocycles. The first-order valence-corrected chi connectivity index (χ1v) is 6.44. The summed E-state index contributed by atoms with van der Waals surface area (Å²) >= 11 is 0. The van der Waals surface area contributed by atoms with Crippen LogP contribution in [0.15, 0.2) is 42.5 Å². The molecule has 0 aliphatic heterocycles. The molecule has 0 saturated heterocycles. The van der Waals surface area contributed by atoms with Gasteiger partial charge in [-0.2, -0.15) is 0 Å². The largest absolute Gasteiger partial charge is 0.504 e. The highest BCUT2D eigenvalue weighted by molar-refractivity contribution is 5.95. The predicted molar refractivity (Wildman–Crippen MR) is 76.9 cm³/mol. The summed E-state index contributed by atoms with van der Waals surface area (Å²) in [6, 6.07) is 10.1. The van der Waals surface area contributed by atoms with Gasteiger partial charge in [0.1, 0.15) is 5.82 Å². The quantitative estimate of drug-likeness (QED) is 0.909. The molecule has 2 aromatic carbocycles. The molecule has 4 nitrogen and oxygen atoms in total. The van der Waals surface area contributed by atoms with E-state index in [-0.39, 0.29) is 23.5 Å². The standard InChI is InChI=1S/C16H16FNO3/c1-10(11-4-3-5-13(17)8-11)18-16(20)12-6-7-15(21-2)14(19)9-12/h3-10,19H,1-2H3,(H,18,20). The van der Waals surface area contributed by atoms with E-state index in [9.17, 15) is 14.3 Å². The molecular formula is C16H16FNO3. The van der Waals surface area contributed by atoms with E-state index in [0.717, 1.165) is 0 Å². The Bertz CT molecular complexity index is 658. The number of hydrogen-bond acceptors (Lipinski definition) is 3. The number of halogens is 1. The van der Waals surface area contributed by atoms with Crippen LogP contribution in [0.4, 0.5) is 4.39 Å². The lowest BCUT2D eigenvalue weighted by Gasteiger charge is -2.15. The molecule has 2 N–H and O–H groups in total. The lowest BCUT2D eigenvalue weighted by Crippen LogP contribution is -2.26. The van der Waals surface area contributed by atoms with Gasteiger partial charge in [0.05, 0.1) is 13.2 Å². The van der Waals surface area contributed by atoms with Crippen LogP contribution in [0, 0.1) is 5.82 Å². The number of ether oxygens (including phenoxy) is 1. The molecule has 0 bridgehead atoms. The van der Waals surface area contributed by atoms with Gasteiger partial charge in [-0.3, -0.25) is 4.79 Å². The summed E-state index contributed by atoms with van der Waals surface area (Å²) in [6.45, 7) is 1.76. The Balaban J connectivity index is 2.12. The summed E-state index contributed by atoms with van der Waals surface area (Å²) in [5.74, 6) is -0.520. The Morgan fingerprint density at radius 2 is 2.05 bits per heavy atom. The number of carbonyl (C=O) groups excluding carboxylic acids is 1. The van der Waals surface area contributed by atoms with Crippen LogP contribution in [-0.2, 0) is 0 Å². The third kappa shape index (κ3) is 3.51. The molecule has 21 heavy (non-hydrogen) atoms. The molecule has 110 valence electrons. The second kappa shape index (κ2) is 6.26. The van der Waals surface area contributed by atoms with Gasteiger partial charge in [-0.15, -0.1) is 0 Å². The predicted octanol–water partition coefficient (Wildman–Crippen LogP) is 3.03. The van der Waals surface area contributed by atoms with Crippen molar-refractivity contribution in [2.75, 3.05) is 7.11 Å². The number of amides is 1. The van der Waals surface area contributed by atoms with Gasteiger partial charge < -0.3 is 15.2 Å². The van der Waals surface area contributed by atoms with Crippen molar-refractivity contribution in [3.8, 4) is 11.5 Å². The minimum absolute atomic E-state index is 0.108. The lowest BCUT2D eigenvalue weighted by molar-refractivity contribution is 0.0939. The molecule has 2 aromatic rings. The second-order valence-electron chi connectivity index (χ2n) is 4.64. The first-order valence-electron chi connectivity index (χ1n) is 6.44. The second-order valence-corrected chi connectivity index (χ2v) is 4.64. The molecule has 1 atom stereocenters. The zero-order chi connectivity index (χ0) is 15.4. The molecule has 0 saturated carbocycles. The first-order chi connectivity index (χ1) is 10.0. The molecule has 1 amide bonds. The normalized spacial score (nSPS) is 11.8. The van der Waals surface area contributed by atoms with Gasteiger partial charge in [0.15, 0.2) is 11.5 Å². The summed E-state index contributed by atoms with van der Waals surface area (Å²) in [5.41, 5.74) is 0.970. The van der Waals surface area contributed by atoms with Crippen LogP contribution in [0.3, 0.4) is 0 Å². The SMILES string of the molecule is COc1ccc(C(=O)NC(C)c2cccc(F)c2)cc1O. The monoisotopic (exact) mass is 289 g/mol. The molecule has 0 aliphatic carbocycles. The number of hydrogen-bond donors (Lipinski definition) is 2. The molecule has 1 unspecified atom stereocenters. The van der Waals surface area contributed by atoms with Crippen molar-refractivity contribution >= 4 is 5.91 Å². The molecule has 0 aliphatic rings. The van der Waals surface area contributed by atoms with Crippen molar-refractivity contribution in [3.63, 3.8) is 0 Å². The van der Waals surface area contributed by atoms with E-state index in [1.807, 2.05) is 0 Å². The smallest absolute Gasteiger partial charge is 0.251 e. The topological polar surface area (TPSA) is 58.6 Å². The maximum atomic E-state index is 13.2.